The molecule has 1 fully saturated rings. The zero-order valence-electron chi connectivity index (χ0n) is 11.5. The Hall–Kier alpha value is -0.610. The molecule has 0 saturated carbocycles. The van der Waals surface area contributed by atoms with Gasteiger partial charge in [-0.1, -0.05) is 20.8 Å². The zero-order chi connectivity index (χ0) is 13.1. The first kappa shape index (κ1) is 14.5. The second-order valence-electron chi connectivity index (χ2n) is 6.24. The van der Waals surface area contributed by atoms with Gasteiger partial charge in [-0.3, -0.25) is 4.79 Å². The van der Waals surface area contributed by atoms with Crippen LogP contribution in [0.15, 0.2) is 0 Å². The monoisotopic (exact) mass is 242 g/mol. The lowest BCUT2D eigenvalue weighted by Gasteiger charge is -2.24. The van der Waals surface area contributed by atoms with Crippen molar-refractivity contribution in [3.63, 3.8) is 0 Å². The van der Waals surface area contributed by atoms with E-state index in [2.05, 4.69) is 26.1 Å². The summed E-state index contributed by atoms with van der Waals surface area (Å²) in [5, 5.41) is 2.93. The van der Waals surface area contributed by atoms with Gasteiger partial charge in [0.05, 0.1) is 12.0 Å². The molecule has 0 aromatic rings. The van der Waals surface area contributed by atoms with E-state index in [0.717, 1.165) is 12.8 Å². The Balaban J connectivity index is 2.28. The summed E-state index contributed by atoms with van der Waals surface area (Å²) >= 11 is 0. The molecule has 0 bridgehead atoms. The molecule has 1 heterocycles. The molecular weight excluding hydrogens is 216 g/mol. The molecule has 0 radical (unpaired) electrons. The van der Waals surface area contributed by atoms with E-state index in [4.69, 9.17) is 10.5 Å². The first-order valence-electron chi connectivity index (χ1n) is 6.44. The quantitative estimate of drug-likeness (QED) is 0.781. The highest BCUT2D eigenvalue weighted by Gasteiger charge is 2.30. The minimum absolute atomic E-state index is 0.00293. The number of ether oxygens (including phenoxy) is 1. The number of nitrogens with two attached hydrogens (primary N) is 1. The van der Waals surface area contributed by atoms with Crippen molar-refractivity contribution >= 4 is 5.91 Å². The highest BCUT2D eigenvalue weighted by Crippen LogP contribution is 2.21. The molecule has 1 rings (SSSR count). The van der Waals surface area contributed by atoms with Crippen LogP contribution in [0.1, 0.15) is 40.5 Å². The van der Waals surface area contributed by atoms with E-state index in [-0.39, 0.29) is 29.4 Å². The zero-order valence-corrected chi connectivity index (χ0v) is 11.5. The predicted molar refractivity (Wildman–Crippen MR) is 68.6 cm³/mol. The van der Waals surface area contributed by atoms with Gasteiger partial charge < -0.3 is 15.8 Å². The van der Waals surface area contributed by atoms with E-state index >= 15 is 0 Å². The van der Waals surface area contributed by atoms with Gasteiger partial charge in [0, 0.05) is 19.2 Å². The number of nitrogens with one attached hydrogen (secondary N) is 1. The maximum Gasteiger partial charge on any atom is 0.225 e. The van der Waals surface area contributed by atoms with Crippen molar-refractivity contribution in [1.82, 2.24) is 5.32 Å². The average molecular weight is 242 g/mol. The number of amides is 1. The van der Waals surface area contributed by atoms with E-state index in [0.29, 0.717) is 13.2 Å². The largest absolute Gasteiger partial charge is 0.378 e. The third-order valence-electron chi connectivity index (χ3n) is 3.13. The van der Waals surface area contributed by atoms with E-state index < -0.39 is 0 Å². The fourth-order valence-electron chi connectivity index (χ4n) is 2.30. The summed E-state index contributed by atoms with van der Waals surface area (Å²) in [6.07, 6.45) is 1.76. The summed E-state index contributed by atoms with van der Waals surface area (Å²) in [5.74, 6) is 0.0798. The van der Waals surface area contributed by atoms with Gasteiger partial charge in [-0.2, -0.15) is 0 Å². The first-order chi connectivity index (χ1) is 7.79. The molecule has 3 N–H and O–H groups in total. The van der Waals surface area contributed by atoms with Crippen LogP contribution in [-0.2, 0) is 9.53 Å². The predicted octanol–water partition coefficient (Wildman–Crippen LogP) is 1.29. The lowest BCUT2D eigenvalue weighted by atomic mass is 9.88. The summed E-state index contributed by atoms with van der Waals surface area (Å²) in [4.78, 5) is 11.9. The summed E-state index contributed by atoms with van der Waals surface area (Å²) in [5.41, 5.74) is 6.20. The fraction of sp³-hybridized carbons (Fsp3) is 0.923. The average Bonchev–Trinajstić information content (AvgIpc) is 2.58. The van der Waals surface area contributed by atoms with Gasteiger partial charge in [0.1, 0.15) is 0 Å². The van der Waals surface area contributed by atoms with Crippen LogP contribution < -0.4 is 11.1 Å². The molecule has 0 aromatic carbocycles. The lowest BCUT2D eigenvalue weighted by molar-refractivity contribution is -0.126. The molecule has 4 nitrogen and oxygen atoms in total. The standard InChI is InChI=1S/C13H26N2O2/c1-9-11(5-6-17-9)12(16)15-8-10(14)7-13(2,3)4/h9-11H,5-8,14H2,1-4H3,(H,15,16). The highest BCUT2D eigenvalue weighted by molar-refractivity contribution is 5.79. The molecule has 3 atom stereocenters. The van der Waals surface area contributed by atoms with Crippen LogP contribution >= 0.6 is 0 Å². The van der Waals surface area contributed by atoms with Gasteiger partial charge in [0.2, 0.25) is 5.91 Å². The Morgan fingerprint density at radius 3 is 2.65 bits per heavy atom. The normalized spacial score (nSPS) is 26.9. The van der Waals surface area contributed by atoms with Gasteiger partial charge >= 0.3 is 0 Å². The molecule has 0 aliphatic carbocycles. The first-order valence-corrected chi connectivity index (χ1v) is 6.44. The fourth-order valence-corrected chi connectivity index (χ4v) is 2.30. The van der Waals surface area contributed by atoms with Crippen molar-refractivity contribution in [2.75, 3.05) is 13.2 Å². The van der Waals surface area contributed by atoms with Crippen LogP contribution in [0.25, 0.3) is 0 Å². The summed E-state index contributed by atoms with van der Waals surface area (Å²) in [7, 11) is 0. The summed E-state index contributed by atoms with van der Waals surface area (Å²) < 4.78 is 5.38. The maximum absolute atomic E-state index is 11.9. The Kier molecular flexibility index (Phi) is 4.95. The van der Waals surface area contributed by atoms with E-state index in [9.17, 15) is 4.79 Å². The second kappa shape index (κ2) is 5.83. The number of rotatable bonds is 4. The van der Waals surface area contributed by atoms with Crippen molar-refractivity contribution in [3.8, 4) is 0 Å². The van der Waals surface area contributed by atoms with Crippen LogP contribution in [0.3, 0.4) is 0 Å². The molecular formula is C13H26N2O2. The molecule has 3 unspecified atom stereocenters. The number of carbonyl (C=O) groups excluding carboxylic acids is 1. The van der Waals surface area contributed by atoms with Crippen molar-refractivity contribution in [2.24, 2.45) is 17.1 Å². The minimum atomic E-state index is -0.00293. The highest BCUT2D eigenvalue weighted by atomic mass is 16.5. The number of hydrogen-bond acceptors (Lipinski definition) is 3. The second-order valence-corrected chi connectivity index (χ2v) is 6.24. The SMILES string of the molecule is CC1OCCC1C(=O)NCC(N)CC(C)(C)C. The van der Waals surface area contributed by atoms with Gasteiger partial charge in [-0.05, 0) is 25.2 Å². The Labute approximate surface area is 104 Å². The lowest BCUT2D eigenvalue weighted by Crippen LogP contribution is -2.42. The van der Waals surface area contributed by atoms with Crippen LogP contribution in [0.4, 0.5) is 0 Å². The Morgan fingerprint density at radius 2 is 2.18 bits per heavy atom. The van der Waals surface area contributed by atoms with Gasteiger partial charge in [-0.15, -0.1) is 0 Å². The molecule has 1 saturated heterocycles. The molecule has 17 heavy (non-hydrogen) atoms. The molecule has 1 amide bonds. The molecule has 100 valence electrons. The summed E-state index contributed by atoms with van der Waals surface area (Å²) in [6.45, 7) is 9.66. The van der Waals surface area contributed by atoms with E-state index in [1.54, 1.807) is 0 Å². The topological polar surface area (TPSA) is 64.3 Å². The third-order valence-corrected chi connectivity index (χ3v) is 3.13. The molecule has 1 aliphatic heterocycles. The molecule has 1 aliphatic rings. The Bertz CT molecular complexity index is 261. The number of hydrogen-bond donors (Lipinski definition) is 2. The van der Waals surface area contributed by atoms with Crippen molar-refractivity contribution in [2.45, 2.75) is 52.7 Å². The van der Waals surface area contributed by atoms with Gasteiger partial charge in [0.25, 0.3) is 0 Å². The maximum atomic E-state index is 11.9. The van der Waals surface area contributed by atoms with Crippen LogP contribution in [0, 0.1) is 11.3 Å². The van der Waals surface area contributed by atoms with E-state index in [1.165, 1.54) is 0 Å². The Morgan fingerprint density at radius 1 is 1.53 bits per heavy atom. The van der Waals surface area contributed by atoms with Gasteiger partial charge in [0.15, 0.2) is 0 Å². The van der Waals surface area contributed by atoms with Crippen molar-refractivity contribution in [3.05, 3.63) is 0 Å². The molecule has 0 spiro atoms. The van der Waals surface area contributed by atoms with Crippen LogP contribution in [0.2, 0.25) is 0 Å². The molecule has 0 aromatic heterocycles. The molecule has 4 heteroatoms. The third kappa shape index (κ3) is 5.04. The smallest absolute Gasteiger partial charge is 0.225 e. The van der Waals surface area contributed by atoms with Crippen LogP contribution in [0.5, 0.6) is 0 Å². The van der Waals surface area contributed by atoms with E-state index in [1.807, 2.05) is 6.92 Å². The summed E-state index contributed by atoms with van der Waals surface area (Å²) in [6, 6.07) is 0.0246. The van der Waals surface area contributed by atoms with Crippen molar-refractivity contribution < 1.29 is 9.53 Å². The number of carbonyl (C=O) groups is 1. The van der Waals surface area contributed by atoms with Crippen LogP contribution in [-0.4, -0.2) is 31.2 Å². The van der Waals surface area contributed by atoms with Gasteiger partial charge in [-0.25, -0.2) is 0 Å². The minimum Gasteiger partial charge on any atom is -0.378 e. The van der Waals surface area contributed by atoms with Crippen molar-refractivity contribution in [1.29, 1.82) is 0 Å².